The maximum Gasteiger partial charge on any atom is 0.339 e. The molecule has 0 saturated carbocycles. The molecule has 1 unspecified atom stereocenters. The number of rotatable bonds is 7. The number of methoxy groups -OCH3 is 2. The third-order valence-corrected chi connectivity index (χ3v) is 4.81. The summed E-state index contributed by atoms with van der Waals surface area (Å²) in [7, 11) is -1.65. The van der Waals surface area contributed by atoms with Gasteiger partial charge in [0.2, 0.25) is 10.0 Å². The van der Waals surface area contributed by atoms with Gasteiger partial charge in [-0.2, -0.15) is 0 Å². The Morgan fingerprint density at radius 1 is 1.17 bits per heavy atom. The molecule has 0 aliphatic heterocycles. The number of esters is 2. The molecule has 0 saturated heterocycles. The zero-order chi connectivity index (χ0) is 17.6. The minimum Gasteiger partial charge on any atom is -0.465 e. The lowest BCUT2D eigenvalue weighted by molar-refractivity contribution is 0.0583. The predicted molar refractivity (Wildman–Crippen MR) is 83.8 cm³/mol. The second kappa shape index (κ2) is 8.07. The molecule has 128 valence electrons. The molecule has 0 aromatic heterocycles. The van der Waals surface area contributed by atoms with E-state index in [1.165, 1.54) is 19.2 Å². The van der Waals surface area contributed by atoms with Crippen LogP contribution in [0.5, 0.6) is 0 Å². The van der Waals surface area contributed by atoms with E-state index in [-0.39, 0.29) is 22.1 Å². The van der Waals surface area contributed by atoms with Gasteiger partial charge in [0.1, 0.15) is 0 Å². The van der Waals surface area contributed by atoms with Gasteiger partial charge in [0.05, 0.1) is 30.2 Å². The minimum atomic E-state index is -3.99. The predicted octanol–water partition coefficient (Wildman–Crippen LogP) is 1.73. The highest BCUT2D eigenvalue weighted by Gasteiger charge is 2.26. The van der Waals surface area contributed by atoms with Gasteiger partial charge in [-0.3, -0.25) is 0 Å². The van der Waals surface area contributed by atoms with Crippen molar-refractivity contribution in [2.45, 2.75) is 37.6 Å². The summed E-state index contributed by atoms with van der Waals surface area (Å²) in [4.78, 5) is 23.1. The van der Waals surface area contributed by atoms with Crippen LogP contribution >= 0.6 is 0 Å². The van der Waals surface area contributed by atoms with Crippen LogP contribution in [0.4, 0.5) is 0 Å². The Bertz CT molecular complexity index is 683. The summed E-state index contributed by atoms with van der Waals surface area (Å²) in [6, 6.07) is 3.35. The zero-order valence-corrected chi connectivity index (χ0v) is 14.4. The van der Waals surface area contributed by atoms with Gasteiger partial charge < -0.3 is 9.47 Å². The summed E-state index contributed by atoms with van der Waals surface area (Å²) in [5.41, 5.74) is -0.111. The van der Waals surface area contributed by atoms with Gasteiger partial charge in [-0.25, -0.2) is 22.7 Å². The Morgan fingerprint density at radius 3 is 2.30 bits per heavy atom. The highest BCUT2D eigenvalue weighted by molar-refractivity contribution is 7.89. The van der Waals surface area contributed by atoms with Gasteiger partial charge in [0.15, 0.2) is 0 Å². The summed E-state index contributed by atoms with van der Waals surface area (Å²) in [6.45, 7) is 3.66. The number of sulfonamides is 1. The lowest BCUT2D eigenvalue weighted by atomic mass is 10.1. The Labute approximate surface area is 136 Å². The molecule has 0 aliphatic carbocycles. The highest BCUT2D eigenvalue weighted by Crippen LogP contribution is 2.20. The third kappa shape index (κ3) is 4.77. The number of benzene rings is 1. The molecule has 0 aliphatic rings. The molecule has 0 heterocycles. The summed E-state index contributed by atoms with van der Waals surface area (Å²) in [6.07, 6.45) is 1.44. The number of carbonyl (C=O) groups excluding carboxylic acids is 2. The van der Waals surface area contributed by atoms with E-state index in [2.05, 4.69) is 14.2 Å². The van der Waals surface area contributed by atoms with E-state index in [1.54, 1.807) is 6.92 Å². The minimum absolute atomic E-state index is 0.0312. The van der Waals surface area contributed by atoms with Gasteiger partial charge in [0, 0.05) is 6.04 Å². The molecule has 1 aromatic carbocycles. The van der Waals surface area contributed by atoms with Crippen LogP contribution in [-0.4, -0.2) is 40.6 Å². The van der Waals surface area contributed by atoms with Crippen molar-refractivity contribution < 1.29 is 27.5 Å². The molecule has 0 bridgehead atoms. The molecule has 8 heteroatoms. The Hall–Kier alpha value is -1.93. The lowest BCUT2D eigenvalue weighted by Crippen LogP contribution is -2.33. The van der Waals surface area contributed by atoms with Crippen LogP contribution in [0.25, 0.3) is 0 Å². The Morgan fingerprint density at radius 2 is 1.78 bits per heavy atom. The molecule has 0 amide bonds. The monoisotopic (exact) mass is 343 g/mol. The van der Waals surface area contributed by atoms with Crippen molar-refractivity contribution in [3.63, 3.8) is 0 Å². The fourth-order valence-electron chi connectivity index (χ4n) is 2.09. The highest BCUT2D eigenvalue weighted by atomic mass is 32.2. The van der Waals surface area contributed by atoms with Crippen molar-refractivity contribution in [2.24, 2.45) is 0 Å². The third-order valence-electron chi connectivity index (χ3n) is 3.18. The van der Waals surface area contributed by atoms with E-state index in [1.807, 2.05) is 6.92 Å². The first-order valence-corrected chi connectivity index (χ1v) is 8.58. The van der Waals surface area contributed by atoms with E-state index in [0.717, 1.165) is 19.6 Å². The van der Waals surface area contributed by atoms with E-state index in [4.69, 9.17) is 0 Å². The van der Waals surface area contributed by atoms with E-state index < -0.39 is 22.0 Å². The smallest absolute Gasteiger partial charge is 0.339 e. The molecule has 1 N–H and O–H groups in total. The Balaban J connectivity index is 3.38. The maximum absolute atomic E-state index is 12.6. The summed E-state index contributed by atoms with van der Waals surface area (Å²) in [5, 5.41) is 0. The average Bonchev–Trinajstić information content (AvgIpc) is 2.52. The number of nitrogens with one attached hydrogen (secondary N) is 1. The SMILES string of the molecule is CCCC(C)NS(=O)(=O)c1cc(C(=O)OC)ccc1C(=O)OC. The number of ether oxygens (including phenoxy) is 2. The van der Waals surface area contributed by atoms with E-state index >= 15 is 0 Å². The quantitative estimate of drug-likeness (QED) is 0.757. The fraction of sp³-hybridized carbons (Fsp3) is 0.467. The molecule has 0 radical (unpaired) electrons. The summed E-state index contributed by atoms with van der Waals surface area (Å²) in [5.74, 6) is -1.50. The van der Waals surface area contributed by atoms with Crippen molar-refractivity contribution in [1.82, 2.24) is 4.72 Å². The van der Waals surface area contributed by atoms with E-state index in [0.29, 0.717) is 6.42 Å². The van der Waals surface area contributed by atoms with Gasteiger partial charge in [0.25, 0.3) is 0 Å². The number of hydrogen-bond donors (Lipinski definition) is 1. The van der Waals surface area contributed by atoms with Crippen LogP contribution in [0, 0.1) is 0 Å². The average molecular weight is 343 g/mol. The molecule has 1 aromatic rings. The van der Waals surface area contributed by atoms with Crippen molar-refractivity contribution in [2.75, 3.05) is 14.2 Å². The second-order valence-corrected chi connectivity index (χ2v) is 6.69. The van der Waals surface area contributed by atoms with Crippen LogP contribution in [-0.2, 0) is 19.5 Å². The molecule has 0 spiro atoms. The first-order valence-electron chi connectivity index (χ1n) is 7.09. The topological polar surface area (TPSA) is 98.8 Å². The molecule has 1 rings (SSSR count). The van der Waals surface area contributed by atoms with Crippen LogP contribution < -0.4 is 4.72 Å². The van der Waals surface area contributed by atoms with E-state index in [9.17, 15) is 18.0 Å². The largest absolute Gasteiger partial charge is 0.465 e. The van der Waals surface area contributed by atoms with Crippen molar-refractivity contribution in [1.29, 1.82) is 0 Å². The van der Waals surface area contributed by atoms with Crippen LogP contribution in [0.1, 0.15) is 47.4 Å². The first kappa shape index (κ1) is 19.1. The molecular formula is C15H21NO6S. The van der Waals surface area contributed by atoms with Crippen LogP contribution in [0.2, 0.25) is 0 Å². The zero-order valence-electron chi connectivity index (χ0n) is 13.6. The van der Waals surface area contributed by atoms with Crippen molar-refractivity contribution in [3.05, 3.63) is 29.3 Å². The van der Waals surface area contributed by atoms with Crippen molar-refractivity contribution in [3.8, 4) is 0 Å². The maximum atomic E-state index is 12.6. The van der Waals surface area contributed by atoms with Gasteiger partial charge in [-0.1, -0.05) is 13.3 Å². The molecule has 0 fully saturated rings. The van der Waals surface area contributed by atoms with Crippen LogP contribution in [0.15, 0.2) is 23.1 Å². The van der Waals surface area contributed by atoms with Gasteiger partial charge in [-0.15, -0.1) is 0 Å². The second-order valence-electron chi connectivity index (χ2n) is 5.01. The lowest BCUT2D eigenvalue weighted by Gasteiger charge is -2.15. The molecule has 23 heavy (non-hydrogen) atoms. The molecule has 1 atom stereocenters. The standard InChI is InChI=1S/C15H21NO6S/c1-5-6-10(2)16-23(19,20)13-9-11(14(17)21-3)7-8-12(13)15(18)22-4/h7-10,16H,5-6H2,1-4H3. The van der Waals surface area contributed by atoms with Gasteiger partial charge in [-0.05, 0) is 31.5 Å². The van der Waals surface area contributed by atoms with Gasteiger partial charge >= 0.3 is 11.9 Å². The summed E-state index contributed by atoms with van der Waals surface area (Å²) < 4.78 is 36.8. The van der Waals surface area contributed by atoms with Crippen LogP contribution in [0.3, 0.4) is 0 Å². The molecular weight excluding hydrogens is 322 g/mol. The fourth-order valence-corrected chi connectivity index (χ4v) is 3.59. The molecule has 7 nitrogen and oxygen atoms in total. The van der Waals surface area contributed by atoms with Crippen molar-refractivity contribution >= 4 is 22.0 Å². The number of carbonyl (C=O) groups is 2. The first-order chi connectivity index (χ1) is 10.8. The number of hydrogen-bond acceptors (Lipinski definition) is 6. The normalized spacial score (nSPS) is 12.5. The Kier molecular flexibility index (Phi) is 6.71. The summed E-state index contributed by atoms with van der Waals surface area (Å²) >= 11 is 0.